The molecule has 0 unspecified atom stereocenters. The highest BCUT2D eigenvalue weighted by molar-refractivity contribution is 4.50. The molecule has 0 aromatic heterocycles. The molecule has 1 aliphatic rings. The van der Waals surface area contributed by atoms with E-state index in [2.05, 4.69) is 11.9 Å². The fraction of sp³-hybridized carbons (Fsp3) is 1.00. The Bertz CT molecular complexity index is 174. The maximum Gasteiger partial charge on any atom is 0.0701 e. The second-order valence-electron chi connectivity index (χ2n) is 4.81. The normalized spacial score (nSPS) is 24.5. The zero-order chi connectivity index (χ0) is 13.6. The topological polar surface area (TPSA) is 40.2 Å². The average molecular weight is 275 g/mol. The van der Waals surface area contributed by atoms with Gasteiger partial charge in [-0.1, -0.05) is 0 Å². The van der Waals surface area contributed by atoms with E-state index in [4.69, 9.17) is 18.9 Å². The molecule has 0 bridgehead atoms. The van der Waals surface area contributed by atoms with E-state index >= 15 is 0 Å². The van der Waals surface area contributed by atoms with Crippen molar-refractivity contribution in [1.82, 2.24) is 4.90 Å². The van der Waals surface area contributed by atoms with E-state index in [-0.39, 0.29) is 0 Å². The fourth-order valence-electron chi connectivity index (χ4n) is 1.78. The van der Waals surface area contributed by atoms with Crippen molar-refractivity contribution in [2.75, 3.05) is 73.0 Å². The SMILES string of the molecule is CN1CCOCCOCCCCCOCCOCC1. The van der Waals surface area contributed by atoms with Gasteiger partial charge in [-0.25, -0.2) is 0 Å². The Morgan fingerprint density at radius 1 is 0.526 bits per heavy atom. The number of nitrogens with zero attached hydrogens (tertiary/aromatic N) is 1. The van der Waals surface area contributed by atoms with Gasteiger partial charge in [-0.15, -0.1) is 0 Å². The Hall–Kier alpha value is -0.200. The van der Waals surface area contributed by atoms with Crippen molar-refractivity contribution >= 4 is 0 Å². The van der Waals surface area contributed by atoms with Gasteiger partial charge in [0.15, 0.2) is 0 Å². The molecule has 0 aromatic carbocycles. The van der Waals surface area contributed by atoms with Crippen LogP contribution in [0.15, 0.2) is 0 Å². The Morgan fingerprint density at radius 3 is 1.42 bits per heavy atom. The summed E-state index contributed by atoms with van der Waals surface area (Å²) in [4.78, 5) is 2.21. The number of likely N-dealkylation sites (N-methyl/N-ethyl adjacent to an activating group) is 1. The quantitative estimate of drug-likeness (QED) is 0.664. The lowest BCUT2D eigenvalue weighted by Crippen LogP contribution is -2.28. The summed E-state index contributed by atoms with van der Waals surface area (Å²) in [6.45, 7) is 7.79. The molecular weight excluding hydrogens is 246 g/mol. The zero-order valence-electron chi connectivity index (χ0n) is 12.3. The molecule has 1 fully saturated rings. The molecule has 114 valence electrons. The summed E-state index contributed by atoms with van der Waals surface area (Å²) in [5.74, 6) is 0. The molecule has 5 heteroatoms. The van der Waals surface area contributed by atoms with Crippen molar-refractivity contribution in [3.63, 3.8) is 0 Å². The van der Waals surface area contributed by atoms with E-state index in [1.807, 2.05) is 0 Å². The minimum Gasteiger partial charge on any atom is -0.379 e. The van der Waals surface area contributed by atoms with Crippen LogP contribution in [0.3, 0.4) is 0 Å². The molecule has 0 aliphatic carbocycles. The van der Waals surface area contributed by atoms with Gasteiger partial charge in [0.2, 0.25) is 0 Å². The van der Waals surface area contributed by atoms with Crippen molar-refractivity contribution in [3.05, 3.63) is 0 Å². The molecule has 1 aliphatic heterocycles. The van der Waals surface area contributed by atoms with Crippen molar-refractivity contribution < 1.29 is 18.9 Å². The molecule has 0 N–H and O–H groups in total. The number of hydrogen-bond acceptors (Lipinski definition) is 5. The minimum atomic E-state index is 0.688. The van der Waals surface area contributed by atoms with Gasteiger partial charge in [0.25, 0.3) is 0 Å². The van der Waals surface area contributed by atoms with Gasteiger partial charge in [-0.2, -0.15) is 0 Å². The first-order valence-corrected chi connectivity index (χ1v) is 7.39. The third-order valence-corrected chi connectivity index (χ3v) is 3.06. The van der Waals surface area contributed by atoms with Crippen LogP contribution in [0.4, 0.5) is 0 Å². The van der Waals surface area contributed by atoms with Crippen LogP contribution in [0.2, 0.25) is 0 Å². The van der Waals surface area contributed by atoms with Crippen molar-refractivity contribution in [3.8, 4) is 0 Å². The molecule has 1 rings (SSSR count). The lowest BCUT2D eigenvalue weighted by molar-refractivity contribution is 0.0222. The molecule has 0 aromatic rings. The van der Waals surface area contributed by atoms with Gasteiger partial charge in [0.1, 0.15) is 0 Å². The summed E-state index contributed by atoms with van der Waals surface area (Å²) in [7, 11) is 2.08. The first-order valence-electron chi connectivity index (χ1n) is 7.39. The summed E-state index contributed by atoms with van der Waals surface area (Å²) >= 11 is 0. The molecule has 1 heterocycles. The monoisotopic (exact) mass is 275 g/mol. The predicted octanol–water partition coefficient (Wildman–Crippen LogP) is 1.17. The molecular formula is C14H29NO4. The minimum absolute atomic E-state index is 0.688. The Morgan fingerprint density at radius 2 is 0.947 bits per heavy atom. The molecule has 0 amide bonds. The van der Waals surface area contributed by atoms with Crippen LogP contribution in [0.1, 0.15) is 19.3 Å². The van der Waals surface area contributed by atoms with Crippen LogP contribution in [0, 0.1) is 0 Å². The van der Waals surface area contributed by atoms with Crippen LogP contribution in [0.5, 0.6) is 0 Å². The summed E-state index contributed by atoms with van der Waals surface area (Å²) in [6, 6.07) is 0. The average Bonchev–Trinajstić information content (AvgIpc) is 2.41. The zero-order valence-corrected chi connectivity index (χ0v) is 12.3. The molecule has 19 heavy (non-hydrogen) atoms. The maximum absolute atomic E-state index is 5.52. The highest BCUT2D eigenvalue weighted by atomic mass is 16.5. The molecule has 0 radical (unpaired) electrons. The van der Waals surface area contributed by atoms with E-state index in [9.17, 15) is 0 Å². The lowest BCUT2D eigenvalue weighted by atomic mass is 10.2. The predicted molar refractivity (Wildman–Crippen MR) is 74.6 cm³/mol. The Balaban J connectivity index is 2.08. The van der Waals surface area contributed by atoms with Crippen molar-refractivity contribution in [2.45, 2.75) is 19.3 Å². The van der Waals surface area contributed by atoms with E-state index in [0.717, 1.165) is 58.8 Å². The Labute approximate surface area is 117 Å². The van der Waals surface area contributed by atoms with E-state index in [1.165, 1.54) is 0 Å². The van der Waals surface area contributed by atoms with Crippen LogP contribution in [-0.4, -0.2) is 77.9 Å². The van der Waals surface area contributed by atoms with E-state index < -0.39 is 0 Å². The van der Waals surface area contributed by atoms with E-state index in [1.54, 1.807) is 0 Å². The number of ether oxygens (including phenoxy) is 4. The van der Waals surface area contributed by atoms with Gasteiger partial charge in [-0.05, 0) is 26.3 Å². The second-order valence-corrected chi connectivity index (χ2v) is 4.81. The summed E-state index contributed by atoms with van der Waals surface area (Å²) in [5, 5.41) is 0. The van der Waals surface area contributed by atoms with Gasteiger partial charge >= 0.3 is 0 Å². The Kier molecular flexibility index (Phi) is 11.4. The smallest absolute Gasteiger partial charge is 0.0701 e. The van der Waals surface area contributed by atoms with E-state index in [0.29, 0.717) is 26.4 Å². The first kappa shape index (κ1) is 16.9. The summed E-state index contributed by atoms with van der Waals surface area (Å²) in [6.07, 6.45) is 3.36. The molecule has 0 saturated carbocycles. The third-order valence-electron chi connectivity index (χ3n) is 3.06. The maximum atomic E-state index is 5.52. The van der Waals surface area contributed by atoms with Gasteiger partial charge in [0, 0.05) is 26.3 Å². The number of rotatable bonds is 0. The number of hydrogen-bond donors (Lipinski definition) is 0. The van der Waals surface area contributed by atoms with Crippen LogP contribution in [0.25, 0.3) is 0 Å². The van der Waals surface area contributed by atoms with Crippen LogP contribution in [-0.2, 0) is 18.9 Å². The van der Waals surface area contributed by atoms with Crippen LogP contribution >= 0.6 is 0 Å². The van der Waals surface area contributed by atoms with Crippen molar-refractivity contribution in [2.24, 2.45) is 0 Å². The largest absolute Gasteiger partial charge is 0.379 e. The van der Waals surface area contributed by atoms with Gasteiger partial charge in [-0.3, -0.25) is 0 Å². The van der Waals surface area contributed by atoms with Crippen molar-refractivity contribution in [1.29, 1.82) is 0 Å². The third kappa shape index (κ3) is 11.3. The van der Waals surface area contributed by atoms with Gasteiger partial charge < -0.3 is 23.8 Å². The first-order chi connectivity index (χ1) is 9.39. The fourth-order valence-corrected chi connectivity index (χ4v) is 1.78. The molecule has 0 spiro atoms. The van der Waals surface area contributed by atoms with Gasteiger partial charge in [0.05, 0.1) is 39.6 Å². The molecule has 5 nitrogen and oxygen atoms in total. The molecule has 0 atom stereocenters. The molecule has 1 saturated heterocycles. The summed E-state index contributed by atoms with van der Waals surface area (Å²) in [5.41, 5.74) is 0. The standard InChI is InChI=1S/C14H29NO4/c1-15-5-9-18-13-11-16-7-3-2-4-8-17-12-14-19-10-6-15/h2-14H2,1H3. The second kappa shape index (κ2) is 12.8. The lowest BCUT2D eigenvalue weighted by Gasteiger charge is -2.16. The highest BCUT2D eigenvalue weighted by Crippen LogP contribution is 1.97. The van der Waals surface area contributed by atoms with Crippen LogP contribution < -0.4 is 0 Å². The highest BCUT2D eigenvalue weighted by Gasteiger charge is 1.99. The summed E-state index contributed by atoms with van der Waals surface area (Å²) < 4.78 is 22.1.